The van der Waals surface area contributed by atoms with Crippen LogP contribution in [0.1, 0.15) is 26.2 Å². The second-order valence-corrected chi connectivity index (χ2v) is 3.22. The molecule has 0 saturated heterocycles. The van der Waals surface area contributed by atoms with Crippen LogP contribution in [0.4, 0.5) is 0 Å². The van der Waals surface area contributed by atoms with Crippen LogP contribution < -0.4 is 24.8 Å². The summed E-state index contributed by atoms with van der Waals surface area (Å²) in [5, 5.41) is 0. The normalized spacial score (nSPS) is 15.1. The monoisotopic (exact) mass is 319 g/mol. The van der Waals surface area contributed by atoms with E-state index in [1.165, 1.54) is 24.1 Å². The van der Waals surface area contributed by atoms with Crippen LogP contribution in [-0.2, 0) is 26.2 Å². The third-order valence-corrected chi connectivity index (χ3v) is 2.20. The fourth-order valence-corrected chi connectivity index (χ4v) is 1.50. The smallest absolute Gasteiger partial charge is 1.00 e. The number of halogens is 2. The van der Waals surface area contributed by atoms with Gasteiger partial charge in [-0.3, -0.25) is 4.99 Å². The summed E-state index contributed by atoms with van der Waals surface area (Å²) in [6, 6.07) is 0. The summed E-state index contributed by atoms with van der Waals surface area (Å²) in [4.78, 5) is 4.51. The van der Waals surface area contributed by atoms with Gasteiger partial charge in [0.2, 0.25) is 0 Å². The van der Waals surface area contributed by atoms with E-state index in [4.69, 9.17) is 0 Å². The molecule has 0 saturated carbocycles. The molecule has 80 valence electrons. The number of allylic oxidation sites excluding steroid dienone is 4. The molecule has 0 atom stereocenters. The molecule has 0 bridgehead atoms. The van der Waals surface area contributed by atoms with Crippen molar-refractivity contribution in [3.05, 3.63) is 35.6 Å². The Morgan fingerprint density at radius 3 is 2.60 bits per heavy atom. The molecule has 0 unspecified atom stereocenters. The molecule has 15 heavy (non-hydrogen) atoms. The molecule has 1 aliphatic carbocycles. The summed E-state index contributed by atoms with van der Waals surface area (Å²) < 4.78 is 0. The second kappa shape index (κ2) is 8.50. The number of unbranched alkanes of at least 4 members (excludes halogenated alkanes) is 1. The molecule has 1 heterocycles. The van der Waals surface area contributed by atoms with E-state index in [0.717, 1.165) is 12.1 Å². The van der Waals surface area contributed by atoms with Gasteiger partial charge in [-0.15, -0.1) is 0 Å². The zero-order chi connectivity index (χ0) is 8.39. The van der Waals surface area contributed by atoms with E-state index in [1.54, 1.807) is 0 Å². The molecule has 1 nitrogen and oxygen atoms in total. The quantitative estimate of drug-likeness (QED) is 0.526. The zero-order valence-electron chi connectivity index (χ0n) is 8.63. The largest absolute Gasteiger partial charge is 2.00 e. The Morgan fingerprint density at radius 1 is 1.27 bits per heavy atom. The minimum Gasteiger partial charge on any atom is -1.00 e. The summed E-state index contributed by atoms with van der Waals surface area (Å²) in [6.07, 6.45) is 12.1. The predicted octanol–water partition coefficient (Wildman–Crippen LogP) is -2.98. The van der Waals surface area contributed by atoms with E-state index in [0.29, 0.717) is 0 Å². The maximum atomic E-state index is 4.51. The van der Waals surface area contributed by atoms with E-state index >= 15 is 0 Å². The molecule has 4 heteroatoms. The fourth-order valence-electron chi connectivity index (χ4n) is 1.50. The Bertz CT molecular complexity index is 317. The van der Waals surface area contributed by atoms with Crippen LogP contribution in [0.5, 0.6) is 0 Å². The van der Waals surface area contributed by atoms with E-state index in [9.17, 15) is 0 Å². The van der Waals surface area contributed by atoms with Gasteiger partial charge in [0.05, 0.1) is 5.70 Å². The van der Waals surface area contributed by atoms with Crippen molar-refractivity contribution >= 4 is 5.71 Å². The summed E-state index contributed by atoms with van der Waals surface area (Å²) in [6.45, 7) is 2.21. The van der Waals surface area contributed by atoms with E-state index in [1.807, 2.05) is 0 Å². The molecule has 0 aromatic carbocycles. The molecule has 0 N–H and O–H groups in total. The van der Waals surface area contributed by atoms with Gasteiger partial charge in [-0.05, 0) is 25.0 Å². The summed E-state index contributed by atoms with van der Waals surface area (Å²) in [5.74, 6) is 0. The topological polar surface area (TPSA) is 12.4 Å². The second-order valence-electron chi connectivity index (χ2n) is 3.22. The molecule has 0 aromatic rings. The van der Waals surface area contributed by atoms with E-state index in [-0.39, 0.29) is 51.0 Å². The van der Waals surface area contributed by atoms with Crippen molar-refractivity contribution in [2.75, 3.05) is 0 Å². The third-order valence-electron chi connectivity index (χ3n) is 2.20. The van der Waals surface area contributed by atoms with E-state index < -0.39 is 0 Å². The molecule has 0 fully saturated rings. The summed E-state index contributed by atoms with van der Waals surface area (Å²) >= 11 is 0. The maximum absolute atomic E-state index is 4.51. The van der Waals surface area contributed by atoms with Gasteiger partial charge >= 0.3 is 26.2 Å². The molecule has 1 aliphatic heterocycles. The van der Waals surface area contributed by atoms with Gasteiger partial charge in [0.15, 0.2) is 0 Å². The van der Waals surface area contributed by atoms with Crippen LogP contribution in [0.25, 0.3) is 0 Å². The molecule has 2 rings (SSSR count). The molecular formula is C11H13Cl2NZr. The van der Waals surface area contributed by atoms with Crippen molar-refractivity contribution in [1.29, 1.82) is 0 Å². The molecule has 0 spiro atoms. The van der Waals surface area contributed by atoms with Crippen molar-refractivity contribution in [3.63, 3.8) is 0 Å². The number of hydrogen-bond donors (Lipinski definition) is 0. The number of fused-ring (bicyclic) bond motifs is 1. The molecule has 0 amide bonds. The van der Waals surface area contributed by atoms with Gasteiger partial charge in [0.25, 0.3) is 0 Å². The van der Waals surface area contributed by atoms with Crippen molar-refractivity contribution in [3.8, 4) is 0 Å². The first-order valence-corrected chi connectivity index (χ1v) is 4.58. The minimum absolute atomic E-state index is 0. The van der Waals surface area contributed by atoms with Crippen LogP contribution in [0.2, 0.25) is 0 Å². The maximum Gasteiger partial charge on any atom is 2.00 e. The number of nitrogens with zero attached hydrogens (tertiary/aromatic N) is 1. The first-order valence-electron chi connectivity index (χ1n) is 4.58. The van der Waals surface area contributed by atoms with Gasteiger partial charge in [-0.1, -0.05) is 25.5 Å². The Balaban J connectivity index is 0. The minimum atomic E-state index is 0. The van der Waals surface area contributed by atoms with Gasteiger partial charge in [-0.2, -0.15) is 0 Å². The number of hydrogen-bond acceptors (Lipinski definition) is 1. The molecular weight excluding hydrogens is 308 g/mol. The van der Waals surface area contributed by atoms with Crippen LogP contribution in [0.15, 0.2) is 40.6 Å². The first-order chi connectivity index (χ1) is 5.90. The Hall–Kier alpha value is 0.353. The van der Waals surface area contributed by atoms with Gasteiger partial charge < -0.3 is 24.8 Å². The molecule has 0 radical (unpaired) electrons. The van der Waals surface area contributed by atoms with Crippen LogP contribution in [0, 0.1) is 0 Å². The standard InChI is InChI=1S/C11H13N.2ClH.Zr/c1-2-3-6-10-8-9-5-4-7-11(9)12-10;;;/h4-5,7-8H,2-3,6H2,1H3;2*1H;/q;;;+2/p-2. The number of rotatable bonds is 3. The van der Waals surface area contributed by atoms with Gasteiger partial charge in [0.1, 0.15) is 0 Å². The van der Waals surface area contributed by atoms with Gasteiger partial charge in [0, 0.05) is 11.3 Å². The molecule has 0 aromatic heterocycles. The van der Waals surface area contributed by atoms with Crippen molar-refractivity contribution in [2.24, 2.45) is 4.99 Å². The molecule has 2 aliphatic rings. The van der Waals surface area contributed by atoms with Crippen molar-refractivity contribution in [2.45, 2.75) is 26.2 Å². The SMILES string of the molecule is CCCCC1=NC2=CC=CC2=C1.[Cl-].[Cl-].[Zr+2]. The summed E-state index contributed by atoms with van der Waals surface area (Å²) in [5.41, 5.74) is 3.70. The number of aliphatic imine (C=N–C) groups is 1. The van der Waals surface area contributed by atoms with Crippen molar-refractivity contribution in [1.82, 2.24) is 0 Å². The predicted molar refractivity (Wildman–Crippen MR) is 52.3 cm³/mol. The van der Waals surface area contributed by atoms with Crippen LogP contribution >= 0.6 is 0 Å². The van der Waals surface area contributed by atoms with E-state index in [2.05, 4.69) is 36.2 Å². The Kier molecular flexibility index (Phi) is 10.1. The average molecular weight is 321 g/mol. The summed E-state index contributed by atoms with van der Waals surface area (Å²) in [7, 11) is 0. The van der Waals surface area contributed by atoms with Crippen LogP contribution in [0.3, 0.4) is 0 Å². The van der Waals surface area contributed by atoms with Gasteiger partial charge in [-0.25, -0.2) is 0 Å². The first kappa shape index (κ1) is 17.7. The zero-order valence-corrected chi connectivity index (χ0v) is 12.6. The average Bonchev–Trinajstić information content (AvgIpc) is 2.58. The third kappa shape index (κ3) is 4.38. The van der Waals surface area contributed by atoms with Crippen LogP contribution in [-0.4, -0.2) is 5.71 Å². The van der Waals surface area contributed by atoms with Crippen molar-refractivity contribution < 1.29 is 51.0 Å². The Labute approximate surface area is 123 Å². The fraction of sp³-hybridized carbons (Fsp3) is 0.364. The Morgan fingerprint density at radius 2 is 2.00 bits per heavy atom.